The minimum absolute atomic E-state index is 0.369. The zero-order chi connectivity index (χ0) is 6.10. The van der Waals surface area contributed by atoms with Gasteiger partial charge in [0.05, 0.1) is 6.61 Å². The van der Waals surface area contributed by atoms with Gasteiger partial charge in [-0.05, 0) is 17.7 Å². The van der Waals surface area contributed by atoms with Gasteiger partial charge in [0.15, 0.2) is 0 Å². The monoisotopic (exact) mass is 121 g/mol. The molecule has 2 heterocycles. The molecule has 0 spiro atoms. The molecule has 0 amide bonds. The van der Waals surface area contributed by atoms with Crippen LogP contribution in [-0.2, 0) is 4.74 Å². The summed E-state index contributed by atoms with van der Waals surface area (Å²) in [6.45, 7) is 0.879. The Kier molecular flexibility index (Phi) is 0.993. The highest BCUT2D eigenvalue weighted by Crippen LogP contribution is 2.28. The summed E-state index contributed by atoms with van der Waals surface area (Å²) in [4.78, 5) is 3.90. The Labute approximate surface area is 53.5 Å². The van der Waals surface area contributed by atoms with Crippen molar-refractivity contribution in [1.82, 2.24) is 4.98 Å². The molecule has 46 valence electrons. The number of aromatic nitrogens is 1. The van der Waals surface area contributed by atoms with Gasteiger partial charge in [0, 0.05) is 12.4 Å². The molecule has 0 saturated carbocycles. The van der Waals surface area contributed by atoms with Crippen LogP contribution in [0.3, 0.4) is 0 Å². The predicted molar refractivity (Wildman–Crippen MR) is 32.9 cm³/mol. The van der Waals surface area contributed by atoms with Crippen LogP contribution in [0.15, 0.2) is 24.5 Å². The lowest BCUT2D eigenvalue weighted by atomic mass is 10.2. The van der Waals surface area contributed by atoms with E-state index < -0.39 is 0 Å². The fraction of sp³-hybridized carbons (Fsp3) is 0.286. The highest BCUT2D eigenvalue weighted by molar-refractivity contribution is 5.16. The quantitative estimate of drug-likeness (QED) is 0.521. The molecule has 2 nitrogen and oxygen atoms in total. The Balaban J connectivity index is 2.29. The van der Waals surface area contributed by atoms with Crippen LogP contribution in [0.4, 0.5) is 0 Å². The van der Waals surface area contributed by atoms with E-state index in [-0.39, 0.29) is 0 Å². The number of hydrogen-bond donors (Lipinski definition) is 0. The summed E-state index contributed by atoms with van der Waals surface area (Å²) in [6.07, 6.45) is 3.95. The standard InChI is InChI=1S/C7H7NO/c1-3-8-4-2-6(1)7-5-9-7/h1-4,7H,5H2/t7-/m0/s1. The molecule has 1 aromatic heterocycles. The Morgan fingerprint density at radius 1 is 1.44 bits per heavy atom. The molecule has 1 aliphatic heterocycles. The fourth-order valence-corrected chi connectivity index (χ4v) is 0.819. The van der Waals surface area contributed by atoms with Gasteiger partial charge in [0.2, 0.25) is 0 Å². The van der Waals surface area contributed by atoms with Crippen molar-refractivity contribution in [3.63, 3.8) is 0 Å². The molecule has 2 rings (SSSR count). The maximum absolute atomic E-state index is 5.07. The number of epoxide rings is 1. The second kappa shape index (κ2) is 1.81. The number of pyridine rings is 1. The van der Waals surface area contributed by atoms with Crippen molar-refractivity contribution in [2.45, 2.75) is 6.10 Å². The van der Waals surface area contributed by atoms with Gasteiger partial charge in [0.1, 0.15) is 6.10 Å². The summed E-state index contributed by atoms with van der Waals surface area (Å²) in [7, 11) is 0. The zero-order valence-electron chi connectivity index (χ0n) is 4.95. The fourth-order valence-electron chi connectivity index (χ4n) is 0.819. The van der Waals surface area contributed by atoms with E-state index in [9.17, 15) is 0 Å². The van der Waals surface area contributed by atoms with E-state index in [1.165, 1.54) is 5.56 Å². The van der Waals surface area contributed by atoms with Crippen LogP contribution in [0.1, 0.15) is 11.7 Å². The Hall–Kier alpha value is -0.890. The Bertz CT molecular complexity index is 193. The van der Waals surface area contributed by atoms with E-state index in [1.807, 2.05) is 12.1 Å². The van der Waals surface area contributed by atoms with Gasteiger partial charge in [-0.1, -0.05) is 0 Å². The molecule has 9 heavy (non-hydrogen) atoms. The van der Waals surface area contributed by atoms with Crippen LogP contribution in [0.2, 0.25) is 0 Å². The van der Waals surface area contributed by atoms with Crippen LogP contribution in [0.25, 0.3) is 0 Å². The van der Waals surface area contributed by atoms with E-state index in [4.69, 9.17) is 4.74 Å². The van der Waals surface area contributed by atoms with Crippen molar-refractivity contribution in [2.24, 2.45) is 0 Å². The van der Waals surface area contributed by atoms with E-state index in [0.29, 0.717) is 6.10 Å². The maximum atomic E-state index is 5.07. The van der Waals surface area contributed by atoms with E-state index in [0.717, 1.165) is 6.61 Å². The largest absolute Gasteiger partial charge is 0.368 e. The Morgan fingerprint density at radius 3 is 2.67 bits per heavy atom. The highest BCUT2D eigenvalue weighted by Gasteiger charge is 2.23. The van der Waals surface area contributed by atoms with Crippen LogP contribution in [0.5, 0.6) is 0 Å². The summed E-state index contributed by atoms with van der Waals surface area (Å²) in [6, 6.07) is 3.97. The lowest BCUT2D eigenvalue weighted by Gasteiger charge is -1.89. The lowest BCUT2D eigenvalue weighted by Crippen LogP contribution is -1.78. The van der Waals surface area contributed by atoms with E-state index in [1.54, 1.807) is 12.4 Å². The average molecular weight is 121 g/mol. The second-order valence-corrected chi connectivity index (χ2v) is 2.10. The van der Waals surface area contributed by atoms with Gasteiger partial charge in [0.25, 0.3) is 0 Å². The molecule has 0 unspecified atom stereocenters. The van der Waals surface area contributed by atoms with Crippen molar-refractivity contribution in [3.05, 3.63) is 30.1 Å². The van der Waals surface area contributed by atoms with Crippen LogP contribution in [0, 0.1) is 0 Å². The number of rotatable bonds is 1. The summed E-state index contributed by atoms with van der Waals surface area (Å²) >= 11 is 0. The first-order valence-corrected chi connectivity index (χ1v) is 2.98. The molecule has 2 heteroatoms. The third-order valence-corrected chi connectivity index (χ3v) is 1.41. The topological polar surface area (TPSA) is 25.4 Å². The van der Waals surface area contributed by atoms with Crippen molar-refractivity contribution in [3.8, 4) is 0 Å². The van der Waals surface area contributed by atoms with E-state index in [2.05, 4.69) is 4.98 Å². The molecule has 1 atom stereocenters. The van der Waals surface area contributed by atoms with Gasteiger partial charge in [-0.3, -0.25) is 4.98 Å². The number of hydrogen-bond acceptors (Lipinski definition) is 2. The lowest BCUT2D eigenvalue weighted by molar-refractivity contribution is 0.415. The third kappa shape index (κ3) is 0.933. The van der Waals surface area contributed by atoms with Gasteiger partial charge in [-0.2, -0.15) is 0 Å². The third-order valence-electron chi connectivity index (χ3n) is 1.41. The summed E-state index contributed by atoms with van der Waals surface area (Å²) in [5, 5.41) is 0. The number of nitrogens with zero attached hydrogens (tertiary/aromatic N) is 1. The summed E-state index contributed by atoms with van der Waals surface area (Å²) in [5.74, 6) is 0. The van der Waals surface area contributed by atoms with Crippen molar-refractivity contribution in [2.75, 3.05) is 6.61 Å². The predicted octanol–water partition coefficient (Wildman–Crippen LogP) is 1.15. The molecule has 0 N–H and O–H groups in total. The molecule has 1 aliphatic rings. The van der Waals surface area contributed by atoms with E-state index >= 15 is 0 Å². The molecule has 1 aromatic rings. The van der Waals surface area contributed by atoms with Gasteiger partial charge >= 0.3 is 0 Å². The molecule has 0 aliphatic carbocycles. The minimum atomic E-state index is 0.369. The molecule has 0 radical (unpaired) electrons. The van der Waals surface area contributed by atoms with Crippen LogP contribution >= 0.6 is 0 Å². The van der Waals surface area contributed by atoms with Crippen LogP contribution < -0.4 is 0 Å². The van der Waals surface area contributed by atoms with Gasteiger partial charge < -0.3 is 4.74 Å². The molecule has 1 fully saturated rings. The smallest absolute Gasteiger partial charge is 0.106 e. The first-order chi connectivity index (χ1) is 4.47. The molecule has 0 aromatic carbocycles. The number of ether oxygens (including phenoxy) is 1. The van der Waals surface area contributed by atoms with Gasteiger partial charge in [-0.25, -0.2) is 0 Å². The SMILES string of the molecule is c1cc([C@@H]2CO2)ccn1. The molecule has 1 saturated heterocycles. The van der Waals surface area contributed by atoms with Crippen molar-refractivity contribution >= 4 is 0 Å². The molecular weight excluding hydrogens is 114 g/mol. The Morgan fingerprint density at radius 2 is 2.11 bits per heavy atom. The summed E-state index contributed by atoms with van der Waals surface area (Å²) in [5.41, 5.74) is 1.24. The molecular formula is C7H7NO. The zero-order valence-corrected chi connectivity index (χ0v) is 4.95. The second-order valence-electron chi connectivity index (χ2n) is 2.10. The van der Waals surface area contributed by atoms with Crippen molar-refractivity contribution in [1.29, 1.82) is 0 Å². The normalized spacial score (nSPS) is 23.8. The maximum Gasteiger partial charge on any atom is 0.106 e. The first kappa shape index (κ1) is 4.94. The summed E-state index contributed by atoms with van der Waals surface area (Å²) < 4.78 is 5.07. The minimum Gasteiger partial charge on any atom is -0.368 e. The molecule has 0 bridgehead atoms. The van der Waals surface area contributed by atoms with Crippen LogP contribution in [-0.4, -0.2) is 11.6 Å². The van der Waals surface area contributed by atoms with Crippen molar-refractivity contribution < 1.29 is 4.74 Å². The highest BCUT2D eigenvalue weighted by atomic mass is 16.6. The average Bonchev–Trinajstić information content (AvgIpc) is 2.71. The first-order valence-electron chi connectivity index (χ1n) is 2.98. The van der Waals surface area contributed by atoms with Gasteiger partial charge in [-0.15, -0.1) is 0 Å².